The first-order valence-electron chi connectivity index (χ1n) is 9.31. The topological polar surface area (TPSA) is 47.0 Å². The van der Waals surface area contributed by atoms with Crippen LogP contribution in [-0.2, 0) is 16.3 Å². The first-order chi connectivity index (χ1) is 11.7. The lowest BCUT2D eigenvalue weighted by Gasteiger charge is -2.30. The van der Waals surface area contributed by atoms with Gasteiger partial charge in [0.15, 0.2) is 9.84 Å². The van der Waals surface area contributed by atoms with Gasteiger partial charge in [-0.3, -0.25) is 0 Å². The summed E-state index contributed by atoms with van der Waals surface area (Å²) in [6.07, 6.45) is 6.66. The van der Waals surface area contributed by atoms with Gasteiger partial charge in [-0.1, -0.05) is 25.0 Å². The third-order valence-corrected chi connectivity index (χ3v) is 9.33. The number of benzene rings is 1. The molecule has 3 nitrogen and oxygen atoms in total. The van der Waals surface area contributed by atoms with Gasteiger partial charge >= 0.3 is 0 Å². The monoisotopic (exact) mass is 379 g/mol. The van der Waals surface area contributed by atoms with Gasteiger partial charge in [0.05, 0.1) is 25.7 Å². The van der Waals surface area contributed by atoms with Gasteiger partial charge in [-0.05, 0) is 70.4 Å². The molecule has 1 aromatic heterocycles. The molecule has 0 unspecified atom stereocenters. The van der Waals surface area contributed by atoms with Crippen LogP contribution < -0.4 is 0 Å². The average Bonchev–Trinajstić information content (AvgIpc) is 2.96. The standard InChI is InChI=1S/C20H29NO2S2/c1-20(2,3)25(22,23)14-16-10-8-15(9-11-16)12-13-19-21-17-6-4-5-7-18(17)24-19/h4-7,15-16H,8-14H2,1-3H3. The molecule has 0 atom stereocenters. The van der Waals surface area contributed by atoms with Crippen LogP contribution in [0, 0.1) is 11.8 Å². The number of aromatic nitrogens is 1. The van der Waals surface area contributed by atoms with Crippen LogP contribution >= 0.6 is 11.3 Å². The zero-order valence-corrected chi connectivity index (χ0v) is 17.1. The predicted molar refractivity (Wildman–Crippen MR) is 107 cm³/mol. The Balaban J connectivity index is 1.48. The Hall–Kier alpha value is -0.940. The molecule has 1 fully saturated rings. The Bertz CT molecular complexity index is 777. The minimum Gasteiger partial charge on any atom is -0.241 e. The molecule has 0 amide bonds. The molecule has 0 bridgehead atoms. The van der Waals surface area contributed by atoms with Gasteiger partial charge in [-0.25, -0.2) is 13.4 Å². The molecule has 138 valence electrons. The number of aryl methyl sites for hydroxylation is 1. The largest absolute Gasteiger partial charge is 0.241 e. The molecular weight excluding hydrogens is 350 g/mol. The number of para-hydroxylation sites is 1. The number of rotatable bonds is 5. The Kier molecular flexibility index (Phi) is 5.54. The van der Waals surface area contributed by atoms with Gasteiger partial charge in [0.25, 0.3) is 0 Å². The van der Waals surface area contributed by atoms with Gasteiger partial charge in [0.1, 0.15) is 0 Å². The third-order valence-electron chi connectivity index (χ3n) is 5.46. The summed E-state index contributed by atoms with van der Waals surface area (Å²) in [4.78, 5) is 4.73. The predicted octanol–water partition coefficient (Wildman–Crippen LogP) is 5.25. The molecule has 1 aliphatic rings. The zero-order valence-electron chi connectivity index (χ0n) is 15.5. The lowest BCUT2D eigenvalue weighted by Crippen LogP contribution is -2.34. The van der Waals surface area contributed by atoms with Crippen molar-refractivity contribution in [2.75, 3.05) is 5.75 Å². The van der Waals surface area contributed by atoms with Gasteiger partial charge in [0.2, 0.25) is 0 Å². The SMILES string of the molecule is CC(C)(C)S(=O)(=O)CC1CCC(CCc2nc3ccccc3s2)CC1. The second-order valence-corrected chi connectivity index (χ2v) is 12.3. The molecule has 1 heterocycles. The fourth-order valence-corrected chi connectivity index (χ4v) is 6.04. The molecule has 2 aromatic rings. The summed E-state index contributed by atoms with van der Waals surface area (Å²) in [5, 5.41) is 1.23. The molecule has 0 radical (unpaired) electrons. The number of hydrogen-bond acceptors (Lipinski definition) is 4. The van der Waals surface area contributed by atoms with E-state index in [2.05, 4.69) is 18.2 Å². The first-order valence-corrected chi connectivity index (χ1v) is 11.8. The van der Waals surface area contributed by atoms with Gasteiger partial charge in [0, 0.05) is 0 Å². The highest BCUT2D eigenvalue weighted by Gasteiger charge is 2.33. The van der Waals surface area contributed by atoms with Crippen molar-refractivity contribution in [2.24, 2.45) is 11.8 Å². The average molecular weight is 380 g/mol. The Morgan fingerprint density at radius 1 is 1.08 bits per heavy atom. The second-order valence-electron chi connectivity index (χ2n) is 8.39. The van der Waals surface area contributed by atoms with Gasteiger partial charge in [-0.15, -0.1) is 11.3 Å². The van der Waals surface area contributed by atoms with Crippen LogP contribution in [0.15, 0.2) is 24.3 Å². The van der Waals surface area contributed by atoms with E-state index in [0.29, 0.717) is 11.7 Å². The van der Waals surface area contributed by atoms with Crippen LogP contribution in [0.25, 0.3) is 10.2 Å². The van der Waals surface area contributed by atoms with Gasteiger partial charge < -0.3 is 0 Å². The van der Waals surface area contributed by atoms with Crippen LogP contribution in [0.2, 0.25) is 0 Å². The summed E-state index contributed by atoms with van der Waals surface area (Å²) < 4.78 is 25.4. The zero-order chi connectivity index (χ0) is 18.1. The Morgan fingerprint density at radius 2 is 1.72 bits per heavy atom. The van der Waals surface area contributed by atoms with Crippen LogP contribution in [0.4, 0.5) is 0 Å². The highest BCUT2D eigenvalue weighted by atomic mass is 32.2. The number of thiazole rings is 1. The highest BCUT2D eigenvalue weighted by Crippen LogP contribution is 2.34. The maximum atomic E-state index is 12.4. The number of sulfone groups is 1. The van der Waals surface area contributed by atoms with Crippen molar-refractivity contribution in [3.8, 4) is 0 Å². The quantitative estimate of drug-likeness (QED) is 0.713. The molecular formula is C20H29NO2S2. The fraction of sp³-hybridized carbons (Fsp3) is 0.650. The van der Waals surface area contributed by atoms with Crippen molar-refractivity contribution < 1.29 is 8.42 Å². The summed E-state index contributed by atoms with van der Waals surface area (Å²) >= 11 is 1.81. The molecule has 1 saturated carbocycles. The van der Waals surface area contributed by atoms with Crippen molar-refractivity contribution in [3.63, 3.8) is 0 Å². The van der Waals surface area contributed by atoms with Crippen molar-refractivity contribution >= 4 is 31.4 Å². The van der Waals surface area contributed by atoms with Crippen molar-refractivity contribution in [1.29, 1.82) is 0 Å². The minimum absolute atomic E-state index is 0.350. The van der Waals surface area contributed by atoms with E-state index in [4.69, 9.17) is 4.98 Å². The van der Waals surface area contributed by atoms with Crippen LogP contribution in [0.5, 0.6) is 0 Å². The minimum atomic E-state index is -2.99. The van der Waals surface area contributed by atoms with Gasteiger partial charge in [-0.2, -0.15) is 0 Å². The summed E-state index contributed by atoms with van der Waals surface area (Å²) in [5.74, 6) is 1.43. The maximum absolute atomic E-state index is 12.4. The molecule has 3 rings (SSSR count). The molecule has 1 aliphatic carbocycles. The second kappa shape index (κ2) is 7.36. The first kappa shape index (κ1) is 18.8. The fourth-order valence-electron chi connectivity index (χ4n) is 3.60. The van der Waals surface area contributed by atoms with E-state index in [0.717, 1.165) is 43.5 Å². The van der Waals surface area contributed by atoms with E-state index >= 15 is 0 Å². The summed E-state index contributed by atoms with van der Waals surface area (Å²) in [6, 6.07) is 8.32. The Morgan fingerprint density at radius 3 is 2.36 bits per heavy atom. The molecule has 0 N–H and O–H groups in total. The molecule has 0 saturated heterocycles. The number of hydrogen-bond donors (Lipinski definition) is 0. The van der Waals surface area contributed by atoms with Crippen LogP contribution in [0.3, 0.4) is 0 Å². The smallest absolute Gasteiger partial charge is 0.155 e. The van der Waals surface area contributed by atoms with E-state index in [1.165, 1.54) is 16.1 Å². The molecule has 1 aromatic carbocycles. The highest BCUT2D eigenvalue weighted by molar-refractivity contribution is 7.92. The van der Waals surface area contributed by atoms with E-state index in [-0.39, 0.29) is 0 Å². The molecule has 5 heteroatoms. The van der Waals surface area contributed by atoms with E-state index in [9.17, 15) is 8.42 Å². The lowest BCUT2D eigenvalue weighted by atomic mass is 9.81. The van der Waals surface area contributed by atoms with Crippen molar-refractivity contribution in [1.82, 2.24) is 4.98 Å². The number of fused-ring (bicyclic) bond motifs is 1. The van der Waals surface area contributed by atoms with Crippen molar-refractivity contribution in [2.45, 2.75) is 64.0 Å². The lowest BCUT2D eigenvalue weighted by molar-refractivity contribution is 0.278. The third kappa shape index (κ3) is 4.62. The molecule has 0 aliphatic heterocycles. The number of nitrogens with zero attached hydrogens (tertiary/aromatic N) is 1. The van der Waals surface area contributed by atoms with E-state index in [1.54, 1.807) is 11.3 Å². The van der Waals surface area contributed by atoms with Crippen LogP contribution in [-0.4, -0.2) is 23.9 Å². The summed E-state index contributed by atoms with van der Waals surface area (Å²) in [5.41, 5.74) is 1.11. The maximum Gasteiger partial charge on any atom is 0.155 e. The Labute approximate surface area is 155 Å². The molecule has 25 heavy (non-hydrogen) atoms. The summed E-state index contributed by atoms with van der Waals surface area (Å²) in [7, 11) is -2.99. The van der Waals surface area contributed by atoms with E-state index in [1.807, 2.05) is 26.8 Å². The normalized spacial score (nSPS) is 22.4. The summed E-state index contributed by atoms with van der Waals surface area (Å²) in [6.45, 7) is 5.43. The van der Waals surface area contributed by atoms with Crippen LogP contribution in [0.1, 0.15) is 57.9 Å². The molecule has 0 spiro atoms. The van der Waals surface area contributed by atoms with Crippen molar-refractivity contribution in [3.05, 3.63) is 29.3 Å². The van der Waals surface area contributed by atoms with E-state index < -0.39 is 14.6 Å².